The predicted molar refractivity (Wildman–Crippen MR) is 153 cm³/mol. The monoisotopic (exact) mass is 508 g/mol. The first kappa shape index (κ1) is 31.4. The van der Waals surface area contributed by atoms with Gasteiger partial charge in [0.2, 0.25) is 0 Å². The fourth-order valence-electron chi connectivity index (χ4n) is 3.77. The Morgan fingerprint density at radius 3 is 2.30 bits per heavy atom. The number of hydrogen-bond donors (Lipinski definition) is 1. The summed E-state index contributed by atoms with van der Waals surface area (Å²) < 4.78 is 21.1. The van der Waals surface area contributed by atoms with Crippen LogP contribution in [0.3, 0.4) is 0 Å². The molecule has 1 aromatic heterocycles. The maximum Gasteiger partial charge on any atom is 0.261 e. The van der Waals surface area contributed by atoms with Crippen molar-refractivity contribution >= 4 is 0 Å². The van der Waals surface area contributed by atoms with E-state index in [1.807, 2.05) is 91.0 Å². The minimum atomic E-state index is -0.760. The summed E-state index contributed by atoms with van der Waals surface area (Å²) in [6.45, 7) is 16.4. The molecule has 0 fully saturated rings. The van der Waals surface area contributed by atoms with Gasteiger partial charge in [-0.3, -0.25) is 9.36 Å². The smallest absolute Gasteiger partial charge is 0.261 e. The number of para-hydroxylation sites is 1. The zero-order valence-electron chi connectivity index (χ0n) is 23.4. The van der Waals surface area contributed by atoms with E-state index in [1.165, 1.54) is 16.7 Å². The molecule has 1 heterocycles. The van der Waals surface area contributed by atoms with Gasteiger partial charge < -0.3 is 9.84 Å². The van der Waals surface area contributed by atoms with Gasteiger partial charge in [-0.1, -0.05) is 69.7 Å². The maximum absolute atomic E-state index is 14.1. The van der Waals surface area contributed by atoms with Crippen molar-refractivity contribution < 1.29 is 14.2 Å². The van der Waals surface area contributed by atoms with Crippen LogP contribution in [0.25, 0.3) is 22.5 Å². The number of hydrogen-bond acceptors (Lipinski definition) is 4. The SMILES string of the molecule is C/C=C\C(=C/C)CCn1c(-c2cccc(F)c2O)nc(C)c(-c2ccc(OCC)cc2)c1=O.CC.CC. The Kier molecular flexibility index (Phi) is 13.7. The van der Waals surface area contributed by atoms with Gasteiger partial charge in [-0.15, -0.1) is 0 Å². The minimum absolute atomic E-state index is 0.182. The normalized spacial score (nSPS) is 10.9. The first-order chi connectivity index (χ1) is 17.9. The topological polar surface area (TPSA) is 64.3 Å². The number of nitrogens with zero attached hydrogens (tertiary/aromatic N) is 2. The number of aryl methyl sites for hydroxylation is 1. The Hall–Kier alpha value is -3.67. The molecule has 0 saturated carbocycles. The lowest BCUT2D eigenvalue weighted by molar-refractivity contribution is 0.340. The lowest BCUT2D eigenvalue weighted by atomic mass is 10.0. The highest BCUT2D eigenvalue weighted by Gasteiger charge is 2.20. The summed E-state index contributed by atoms with van der Waals surface area (Å²) in [6, 6.07) is 11.5. The van der Waals surface area contributed by atoms with Crippen LogP contribution in [0.4, 0.5) is 4.39 Å². The summed E-state index contributed by atoms with van der Waals surface area (Å²) in [5.41, 5.74) is 2.67. The second kappa shape index (κ2) is 16.1. The van der Waals surface area contributed by atoms with Crippen LogP contribution >= 0.6 is 0 Å². The summed E-state index contributed by atoms with van der Waals surface area (Å²) in [5.74, 6) is -0.326. The van der Waals surface area contributed by atoms with E-state index in [4.69, 9.17) is 4.74 Å². The molecule has 0 aliphatic heterocycles. The molecule has 0 bridgehead atoms. The lowest BCUT2D eigenvalue weighted by Gasteiger charge is -2.17. The second-order valence-electron chi connectivity index (χ2n) is 7.56. The summed E-state index contributed by atoms with van der Waals surface area (Å²) in [5, 5.41) is 10.4. The zero-order chi connectivity index (χ0) is 28.0. The molecule has 37 heavy (non-hydrogen) atoms. The Morgan fingerprint density at radius 2 is 1.73 bits per heavy atom. The molecule has 1 N–H and O–H groups in total. The van der Waals surface area contributed by atoms with Crippen LogP contribution in [0.5, 0.6) is 11.5 Å². The maximum atomic E-state index is 14.1. The van der Waals surface area contributed by atoms with E-state index in [1.54, 1.807) is 13.0 Å². The molecule has 0 saturated heterocycles. The molecule has 0 unspecified atom stereocenters. The highest BCUT2D eigenvalue weighted by atomic mass is 19.1. The van der Waals surface area contributed by atoms with Gasteiger partial charge in [-0.05, 0) is 63.9 Å². The van der Waals surface area contributed by atoms with E-state index < -0.39 is 11.6 Å². The quantitative estimate of drug-likeness (QED) is 0.312. The highest BCUT2D eigenvalue weighted by Crippen LogP contribution is 2.31. The Labute approximate surface area is 221 Å². The number of phenolic OH excluding ortho intramolecular Hbond substituents is 1. The number of allylic oxidation sites excluding steroid dienone is 4. The molecule has 5 nitrogen and oxygen atoms in total. The molecule has 0 aliphatic rings. The van der Waals surface area contributed by atoms with Crippen molar-refractivity contribution in [2.75, 3.05) is 6.61 Å². The highest BCUT2D eigenvalue weighted by molar-refractivity contribution is 5.70. The molecule has 0 radical (unpaired) electrons. The van der Waals surface area contributed by atoms with E-state index >= 15 is 0 Å². The summed E-state index contributed by atoms with van der Waals surface area (Å²) in [7, 11) is 0. The number of rotatable bonds is 8. The molecule has 0 spiro atoms. The second-order valence-corrected chi connectivity index (χ2v) is 7.56. The first-order valence-electron chi connectivity index (χ1n) is 13.0. The Morgan fingerprint density at radius 1 is 1.08 bits per heavy atom. The number of halogens is 1. The molecular formula is C31H41FN2O3. The Balaban J connectivity index is 0.00000163. The molecule has 0 aliphatic carbocycles. The van der Waals surface area contributed by atoms with Crippen LogP contribution in [0, 0.1) is 12.7 Å². The van der Waals surface area contributed by atoms with Crippen LogP contribution in [0.1, 0.15) is 60.6 Å². The van der Waals surface area contributed by atoms with Crippen molar-refractivity contribution in [1.82, 2.24) is 9.55 Å². The summed E-state index contributed by atoms with van der Waals surface area (Å²) >= 11 is 0. The van der Waals surface area contributed by atoms with Gasteiger partial charge in [0, 0.05) is 6.54 Å². The third kappa shape index (κ3) is 7.91. The van der Waals surface area contributed by atoms with Gasteiger partial charge in [0.25, 0.3) is 5.56 Å². The van der Waals surface area contributed by atoms with Crippen molar-refractivity contribution in [2.24, 2.45) is 0 Å². The number of ether oxygens (including phenoxy) is 1. The minimum Gasteiger partial charge on any atom is -0.504 e. The summed E-state index contributed by atoms with van der Waals surface area (Å²) in [4.78, 5) is 18.4. The van der Waals surface area contributed by atoms with Crippen LogP contribution in [-0.4, -0.2) is 21.3 Å². The predicted octanol–water partition coefficient (Wildman–Crippen LogP) is 8.09. The standard InChI is InChI=1S/C27H29FN2O3.2C2H6/c1-5-9-19(6-2)16-17-30-26(22-10-8-11-23(28)25(22)31)29-18(4)24(27(30)32)20-12-14-21(15-13-20)33-7-3;2*1-2/h5-6,8-15,31H,7,16-17H2,1-4H3;2*1-2H3/b9-5-,19-6+;;. The molecule has 0 amide bonds. The van der Waals surface area contributed by atoms with Crippen molar-refractivity contribution in [3.05, 3.63) is 88.1 Å². The Bertz CT molecular complexity index is 1240. The van der Waals surface area contributed by atoms with Crippen LogP contribution in [0.15, 0.2) is 71.1 Å². The third-order valence-corrected chi connectivity index (χ3v) is 5.41. The summed E-state index contributed by atoms with van der Waals surface area (Å²) in [6.07, 6.45) is 6.49. The molecule has 2 aromatic carbocycles. The van der Waals surface area contributed by atoms with E-state index in [2.05, 4.69) is 4.98 Å². The van der Waals surface area contributed by atoms with Crippen LogP contribution in [-0.2, 0) is 6.54 Å². The number of aromatic nitrogens is 2. The van der Waals surface area contributed by atoms with Gasteiger partial charge in [0.05, 0.1) is 23.4 Å². The largest absolute Gasteiger partial charge is 0.504 e. The molecule has 3 rings (SSSR count). The number of aromatic hydroxyl groups is 1. The fraction of sp³-hybridized carbons (Fsp3) is 0.355. The van der Waals surface area contributed by atoms with Crippen molar-refractivity contribution in [3.8, 4) is 34.0 Å². The molecule has 6 heteroatoms. The van der Waals surface area contributed by atoms with E-state index in [0.717, 1.165) is 16.9 Å². The molecule has 3 aromatic rings. The molecular weight excluding hydrogens is 467 g/mol. The number of phenols is 1. The average molecular weight is 509 g/mol. The average Bonchev–Trinajstić information content (AvgIpc) is 2.92. The first-order valence-corrected chi connectivity index (χ1v) is 13.0. The lowest BCUT2D eigenvalue weighted by Crippen LogP contribution is -2.26. The van der Waals surface area contributed by atoms with Crippen molar-refractivity contribution in [2.45, 2.75) is 68.4 Å². The van der Waals surface area contributed by atoms with Gasteiger partial charge in [0.15, 0.2) is 11.6 Å². The van der Waals surface area contributed by atoms with Crippen LogP contribution < -0.4 is 10.3 Å². The third-order valence-electron chi connectivity index (χ3n) is 5.41. The van der Waals surface area contributed by atoms with E-state index in [9.17, 15) is 14.3 Å². The van der Waals surface area contributed by atoms with Gasteiger partial charge in [-0.2, -0.15) is 0 Å². The number of benzene rings is 2. The van der Waals surface area contributed by atoms with E-state index in [-0.39, 0.29) is 16.9 Å². The zero-order valence-corrected chi connectivity index (χ0v) is 23.4. The fourth-order valence-corrected chi connectivity index (χ4v) is 3.77. The van der Waals surface area contributed by atoms with E-state index in [0.29, 0.717) is 30.8 Å². The van der Waals surface area contributed by atoms with Gasteiger partial charge in [0.1, 0.15) is 11.6 Å². The molecule has 0 atom stereocenters. The van der Waals surface area contributed by atoms with Crippen LogP contribution in [0.2, 0.25) is 0 Å². The van der Waals surface area contributed by atoms with Gasteiger partial charge >= 0.3 is 0 Å². The van der Waals surface area contributed by atoms with Crippen molar-refractivity contribution in [1.29, 1.82) is 0 Å². The van der Waals surface area contributed by atoms with Gasteiger partial charge in [-0.25, -0.2) is 9.37 Å². The molecule has 200 valence electrons. The van der Waals surface area contributed by atoms with Crippen molar-refractivity contribution in [3.63, 3.8) is 0 Å².